The number of aromatic hydroxyl groups is 1. The molecule has 5 aliphatic heterocycles. The van der Waals surface area contributed by atoms with Gasteiger partial charge in [-0.05, 0) is 27.0 Å². The zero-order valence-corrected chi connectivity index (χ0v) is 39.1. The lowest BCUT2D eigenvalue weighted by Crippen LogP contribution is -2.46. The van der Waals surface area contributed by atoms with Crippen LogP contribution in [0.1, 0.15) is 47.1 Å². The van der Waals surface area contributed by atoms with Gasteiger partial charge in [-0.3, -0.25) is 24.1 Å². The number of phenolic OH excluding ortho intramolecular Hbond substituents is 1. The van der Waals surface area contributed by atoms with Crippen molar-refractivity contribution < 1.29 is 57.7 Å². The fourth-order valence-electron chi connectivity index (χ4n) is 9.49. The average molecular weight is 927 g/mol. The van der Waals surface area contributed by atoms with Crippen LogP contribution in [0.4, 0.5) is 5.69 Å². The molecule has 7 bridgehead atoms. The molecule has 4 N–H and O–H groups in total. The molecule has 3 aromatic carbocycles. The quantitative estimate of drug-likeness (QED) is 0.122. The molecule has 2 fully saturated rings. The second-order valence-electron chi connectivity index (χ2n) is 18.2. The number of aliphatic hydroxyl groups excluding tert-OH is 2. The van der Waals surface area contributed by atoms with E-state index in [1.807, 2.05) is 19.9 Å². The van der Waals surface area contributed by atoms with E-state index in [0.717, 1.165) is 26.2 Å². The van der Waals surface area contributed by atoms with Gasteiger partial charge in [-0.15, -0.1) is 0 Å². The molecule has 67 heavy (non-hydrogen) atoms. The number of ether oxygens (including phenoxy) is 6. The number of hydrogen-bond acceptors (Lipinski definition) is 17. The summed E-state index contributed by atoms with van der Waals surface area (Å²) in [6, 6.07) is 2.77. The van der Waals surface area contributed by atoms with E-state index in [2.05, 4.69) is 22.2 Å². The van der Waals surface area contributed by atoms with E-state index >= 15 is 0 Å². The third-order valence-electron chi connectivity index (χ3n) is 13.6. The zero-order valence-electron chi connectivity index (χ0n) is 39.1. The fraction of sp³-hybridized carbons (Fsp3) is 0.490. The van der Waals surface area contributed by atoms with E-state index < -0.39 is 82.4 Å². The normalized spacial score (nSPS) is 30.3. The number of benzene rings is 3. The topological polar surface area (TPSA) is 229 Å². The number of aromatic nitrogens is 1. The highest BCUT2D eigenvalue weighted by Gasteiger charge is 2.50. The molecule has 5 aliphatic rings. The lowest BCUT2D eigenvalue weighted by molar-refractivity contribution is -0.168. The Morgan fingerprint density at radius 3 is 2.43 bits per heavy atom. The number of carbonyl (C=O) groups is 2. The molecule has 0 saturated carbocycles. The number of nitrogens with zero attached hydrogens (tertiary/aromatic N) is 3. The van der Waals surface area contributed by atoms with E-state index in [1.165, 1.54) is 52.4 Å². The van der Waals surface area contributed by atoms with Crippen molar-refractivity contribution >= 4 is 56.3 Å². The van der Waals surface area contributed by atoms with Gasteiger partial charge < -0.3 is 58.4 Å². The van der Waals surface area contributed by atoms with E-state index in [1.54, 1.807) is 26.0 Å². The number of rotatable bonds is 6. The SMILES string of the molecule is CO[C@H]1/C=C/O[C@@]2(C)Oc3c(C)c(O)c4c(=O)c(c5oc6cc(OCCN7CCN(C)CC7)cc(=O)c6nc5c4c3=C2O)NC(=O)/C(C)=C\C=C\[C@H](C)[C@@H]2O[C@H]([C@H](O)[C@@H]2C)[C@H](OC(C)=O)[C@@H]1C. The Morgan fingerprint density at radius 2 is 1.73 bits per heavy atom. The first-order valence-electron chi connectivity index (χ1n) is 22.5. The van der Waals surface area contributed by atoms with Gasteiger partial charge in [-0.25, -0.2) is 4.98 Å². The average Bonchev–Trinajstić information content (AvgIpc) is 3.73. The highest BCUT2D eigenvalue weighted by atomic mass is 16.7. The van der Waals surface area contributed by atoms with Crippen molar-refractivity contribution in [2.45, 2.75) is 84.8 Å². The minimum absolute atomic E-state index is 0.0466. The number of phenols is 1. The molecule has 6 heterocycles. The highest BCUT2D eigenvalue weighted by Crippen LogP contribution is 2.43. The number of likely N-dealkylation sites (N-methyl/N-ethyl adjacent to an activating group) is 1. The van der Waals surface area contributed by atoms with Gasteiger partial charge >= 0.3 is 11.8 Å². The first-order chi connectivity index (χ1) is 31.8. The standard InChI is InChI=1S/C49H58N4O14/c1-23-11-10-12-24(2)48(60)51-38-41(58)34-33(37-45(38)65-32-22-29(21-30(55)36(32)50-37)62-20-18-53-16-14-52(8)15-17-53)35-43(26(4)39(34)56)67-49(7,47(35)59)63-19-13-31(61-9)25(3)44(64-28(6)54)46-40(57)27(5)42(23)66-46/h10-13,19,21-23,25,27,31,40,42,44,46,56-57,59H,14-18,20H2,1-9H3,(H,51,60)/b11-10+,19-13+,24-12-/t23-,25+,27-,31-,40+,42-,44+,46+,49-/m0/s1. The van der Waals surface area contributed by atoms with Gasteiger partial charge in [-0.1, -0.05) is 39.0 Å². The van der Waals surface area contributed by atoms with Crippen LogP contribution in [0.15, 0.2) is 62.3 Å². The van der Waals surface area contributed by atoms with Crippen molar-refractivity contribution in [3.8, 4) is 17.2 Å². The summed E-state index contributed by atoms with van der Waals surface area (Å²) in [6.07, 6.45) is 3.50. The van der Waals surface area contributed by atoms with E-state index in [0.29, 0.717) is 6.54 Å². The van der Waals surface area contributed by atoms with E-state index in [-0.39, 0.29) is 79.0 Å². The van der Waals surface area contributed by atoms with Gasteiger partial charge in [0.2, 0.25) is 10.9 Å². The molecule has 1 amide bonds. The maximum atomic E-state index is 14.8. The third kappa shape index (κ3) is 8.72. The Labute approximate surface area is 386 Å². The van der Waals surface area contributed by atoms with Gasteiger partial charge in [0.1, 0.15) is 47.3 Å². The summed E-state index contributed by atoms with van der Waals surface area (Å²) in [5.41, 5.74) is -2.20. The highest BCUT2D eigenvalue weighted by molar-refractivity contribution is 6.16. The lowest BCUT2D eigenvalue weighted by atomic mass is 9.86. The predicted octanol–water partition coefficient (Wildman–Crippen LogP) is 3.96. The molecular formula is C49H58N4O14. The molecule has 0 radical (unpaired) electrons. The number of methoxy groups -OCH3 is 1. The van der Waals surface area contributed by atoms with Gasteiger partial charge in [0, 0.05) is 100 Å². The number of nitrogens with one attached hydrogen (secondary N) is 1. The molecule has 0 unspecified atom stereocenters. The first-order valence-corrected chi connectivity index (χ1v) is 22.5. The molecule has 358 valence electrons. The Morgan fingerprint density at radius 1 is 1.00 bits per heavy atom. The van der Waals surface area contributed by atoms with Crippen LogP contribution in [-0.2, 0) is 28.5 Å². The number of allylic oxidation sites excluding steroid dienone is 2. The molecule has 9 atom stereocenters. The number of carbonyl (C=O) groups excluding carboxylic acids is 2. The van der Waals surface area contributed by atoms with Crippen LogP contribution in [0, 0.1) is 24.7 Å². The van der Waals surface area contributed by atoms with Crippen LogP contribution in [0.5, 0.6) is 17.2 Å². The molecule has 18 heteroatoms. The summed E-state index contributed by atoms with van der Waals surface area (Å²) in [4.78, 5) is 64.4. The number of amides is 1. The van der Waals surface area contributed by atoms with Crippen molar-refractivity contribution in [3.63, 3.8) is 0 Å². The van der Waals surface area contributed by atoms with Crippen molar-refractivity contribution in [2.24, 2.45) is 17.8 Å². The number of aliphatic hydroxyl groups is 2. The Hall–Kier alpha value is -6.05. The van der Waals surface area contributed by atoms with Gasteiger partial charge in [0.05, 0.1) is 35.2 Å². The number of piperazine rings is 1. The lowest BCUT2D eigenvalue weighted by Gasteiger charge is -2.33. The van der Waals surface area contributed by atoms with Crippen molar-refractivity contribution in [1.82, 2.24) is 14.8 Å². The van der Waals surface area contributed by atoms with Crippen LogP contribution in [0.3, 0.4) is 0 Å². The summed E-state index contributed by atoms with van der Waals surface area (Å²) in [5, 5.41) is 37.7. The molecule has 0 spiro atoms. The minimum atomic E-state index is -1.98. The summed E-state index contributed by atoms with van der Waals surface area (Å²) in [6.45, 7) is 15.8. The summed E-state index contributed by atoms with van der Waals surface area (Å²) in [5.74, 6) is -5.50. The molecule has 9 rings (SSSR count). The van der Waals surface area contributed by atoms with Gasteiger partial charge in [0.15, 0.2) is 22.4 Å². The number of anilines is 1. The smallest absolute Gasteiger partial charge is 0.307 e. The molecule has 2 saturated heterocycles. The third-order valence-corrected chi connectivity index (χ3v) is 13.6. The Balaban J connectivity index is 1.31. The van der Waals surface area contributed by atoms with E-state index in [4.69, 9.17) is 37.8 Å². The van der Waals surface area contributed by atoms with Crippen molar-refractivity contribution in [2.75, 3.05) is 58.8 Å². The van der Waals surface area contributed by atoms with Crippen LogP contribution >= 0.6 is 0 Å². The van der Waals surface area contributed by atoms with Crippen LogP contribution in [0.2, 0.25) is 0 Å². The fourth-order valence-corrected chi connectivity index (χ4v) is 9.49. The monoisotopic (exact) mass is 926 g/mol. The molecule has 4 aromatic rings. The molecule has 0 aliphatic carbocycles. The number of hydrogen-bond donors (Lipinski definition) is 4. The van der Waals surface area contributed by atoms with Gasteiger partial charge in [0.25, 0.3) is 5.91 Å². The number of esters is 1. The molecule has 18 nitrogen and oxygen atoms in total. The summed E-state index contributed by atoms with van der Waals surface area (Å²) < 4.78 is 43.0. The van der Waals surface area contributed by atoms with Crippen molar-refractivity contribution in [1.29, 1.82) is 0 Å². The van der Waals surface area contributed by atoms with E-state index in [9.17, 15) is 34.5 Å². The van der Waals surface area contributed by atoms with Gasteiger partial charge in [-0.2, -0.15) is 0 Å². The second-order valence-corrected chi connectivity index (χ2v) is 18.2. The minimum Gasteiger partial charge on any atom is -0.507 e. The maximum Gasteiger partial charge on any atom is 0.307 e. The zero-order chi connectivity index (χ0) is 48.2. The number of fused-ring (bicyclic) bond motifs is 9. The maximum absolute atomic E-state index is 14.8. The summed E-state index contributed by atoms with van der Waals surface area (Å²) in [7, 11) is 3.52. The molecule has 1 aromatic heterocycles. The molecular weight excluding hydrogens is 869 g/mol. The van der Waals surface area contributed by atoms with Crippen LogP contribution in [-0.4, -0.2) is 132 Å². The Kier molecular flexibility index (Phi) is 13.1. The first kappa shape index (κ1) is 47.4. The largest absolute Gasteiger partial charge is 0.507 e. The van der Waals surface area contributed by atoms with Crippen LogP contribution in [0.25, 0.3) is 38.7 Å². The van der Waals surface area contributed by atoms with Crippen molar-refractivity contribution in [3.05, 3.63) is 79.5 Å². The second kappa shape index (κ2) is 18.6. The van der Waals surface area contributed by atoms with Crippen LogP contribution < -0.4 is 30.9 Å². The summed E-state index contributed by atoms with van der Waals surface area (Å²) >= 11 is 0. The predicted molar refractivity (Wildman–Crippen MR) is 248 cm³/mol. The Bertz CT molecular complexity index is 2900.